The Morgan fingerprint density at radius 2 is 0.456 bits per heavy atom. The molecule has 0 aromatic carbocycles. The molecular weight excluding hydrogens is 736 g/mol. The Morgan fingerprint density at radius 3 is 0.737 bits per heavy atom. The molecule has 342 valence electrons. The van der Waals surface area contributed by atoms with Crippen LogP contribution in [0.2, 0.25) is 0 Å². The summed E-state index contributed by atoms with van der Waals surface area (Å²) in [6.45, 7) is 16.4. The van der Waals surface area contributed by atoms with E-state index < -0.39 is 0 Å². The van der Waals surface area contributed by atoms with Gasteiger partial charge in [-0.05, 0) is 12.8 Å². The third-order valence-corrected chi connectivity index (χ3v) is 8.84. The average Bonchev–Trinajstić information content (AvgIpc) is 3.22. The van der Waals surface area contributed by atoms with E-state index in [0.29, 0.717) is 145 Å². The minimum Gasteiger partial charge on any atom is -0.463 e. The number of hydrogen-bond donors (Lipinski definition) is 0. The minimum absolute atomic E-state index is 0.135. The zero-order chi connectivity index (χ0) is 41.1. The summed E-state index contributed by atoms with van der Waals surface area (Å²) in [6, 6.07) is 0. The van der Waals surface area contributed by atoms with E-state index >= 15 is 0 Å². The van der Waals surface area contributed by atoms with Crippen molar-refractivity contribution in [3.8, 4) is 0 Å². The Morgan fingerprint density at radius 1 is 0.246 bits per heavy atom. The fraction of sp³-hybridized carbons (Fsp3) is 0.977. The molecule has 13 nitrogen and oxygen atoms in total. The van der Waals surface area contributed by atoms with Gasteiger partial charge in [-0.3, -0.25) is 4.79 Å². The molecule has 0 aromatic heterocycles. The summed E-state index contributed by atoms with van der Waals surface area (Å²) in [5.41, 5.74) is 0. The third-order valence-electron chi connectivity index (χ3n) is 8.84. The summed E-state index contributed by atoms with van der Waals surface area (Å²) in [6.07, 6.45) is 22.1. The van der Waals surface area contributed by atoms with Gasteiger partial charge in [0.25, 0.3) is 0 Å². The van der Waals surface area contributed by atoms with Gasteiger partial charge >= 0.3 is 5.97 Å². The Hall–Kier alpha value is -0.970. The first-order chi connectivity index (χ1) is 28.3. The van der Waals surface area contributed by atoms with Gasteiger partial charge in [0.05, 0.1) is 139 Å². The average molecular weight is 825 g/mol. The topological polar surface area (TPSA) is 128 Å². The fourth-order valence-corrected chi connectivity index (χ4v) is 5.51. The minimum atomic E-state index is -0.135. The van der Waals surface area contributed by atoms with E-state index in [9.17, 15) is 4.79 Å². The maximum Gasteiger partial charge on any atom is 0.305 e. The number of ether oxygens (including phenoxy) is 12. The lowest BCUT2D eigenvalue weighted by atomic mass is 10.1. The molecule has 0 aliphatic heterocycles. The maximum absolute atomic E-state index is 11.8. The second-order valence-electron chi connectivity index (χ2n) is 14.0. The smallest absolute Gasteiger partial charge is 0.305 e. The molecule has 0 aliphatic rings. The lowest BCUT2D eigenvalue weighted by molar-refractivity contribution is -0.145. The molecule has 0 spiro atoms. The van der Waals surface area contributed by atoms with Crippen LogP contribution in [0.25, 0.3) is 0 Å². The molecule has 0 aromatic rings. The van der Waals surface area contributed by atoms with Crippen LogP contribution in [0.3, 0.4) is 0 Å². The van der Waals surface area contributed by atoms with Crippen LogP contribution in [-0.4, -0.2) is 158 Å². The Balaban J connectivity index is 3.10. The maximum atomic E-state index is 11.8. The second-order valence-corrected chi connectivity index (χ2v) is 14.0. The highest BCUT2D eigenvalue weighted by molar-refractivity contribution is 5.69. The SMILES string of the molecule is CCCCCCCCCCCC(=O)OCCOCCOCCOCCOCCOCCOCCOCCOCCOCCOCCOCCCCCCCCCC. The molecule has 57 heavy (non-hydrogen) atoms. The van der Waals surface area contributed by atoms with Crippen molar-refractivity contribution in [2.24, 2.45) is 0 Å². The van der Waals surface area contributed by atoms with Gasteiger partial charge in [0.1, 0.15) is 6.61 Å². The van der Waals surface area contributed by atoms with Gasteiger partial charge in [-0.2, -0.15) is 0 Å². The number of hydrogen-bond acceptors (Lipinski definition) is 13. The largest absolute Gasteiger partial charge is 0.463 e. The number of carbonyl (C=O) groups is 1. The lowest BCUT2D eigenvalue weighted by Gasteiger charge is -2.09. The quantitative estimate of drug-likeness (QED) is 0.0438. The zero-order valence-corrected chi connectivity index (χ0v) is 36.8. The summed E-state index contributed by atoms with van der Waals surface area (Å²) < 4.78 is 65.9. The van der Waals surface area contributed by atoms with Crippen LogP contribution < -0.4 is 0 Å². The summed E-state index contributed by atoms with van der Waals surface area (Å²) in [4.78, 5) is 11.8. The van der Waals surface area contributed by atoms with Crippen LogP contribution in [-0.2, 0) is 61.6 Å². The van der Waals surface area contributed by atoms with Crippen molar-refractivity contribution in [3.63, 3.8) is 0 Å². The molecule has 0 atom stereocenters. The zero-order valence-electron chi connectivity index (χ0n) is 36.8. The molecule has 0 unspecified atom stereocenters. The second kappa shape index (κ2) is 53.0. The normalized spacial score (nSPS) is 11.5. The Bertz CT molecular complexity index is 734. The van der Waals surface area contributed by atoms with E-state index in [2.05, 4.69) is 13.8 Å². The van der Waals surface area contributed by atoms with Gasteiger partial charge in [0.15, 0.2) is 0 Å². The van der Waals surface area contributed by atoms with E-state index in [-0.39, 0.29) is 12.6 Å². The predicted octanol–water partition coefficient (Wildman–Crippen LogP) is 7.77. The van der Waals surface area contributed by atoms with E-state index in [1.165, 1.54) is 89.9 Å². The van der Waals surface area contributed by atoms with Gasteiger partial charge < -0.3 is 56.8 Å². The van der Waals surface area contributed by atoms with Gasteiger partial charge in [0, 0.05) is 13.0 Å². The number of unbranched alkanes of at least 4 members (excludes halogenated alkanes) is 15. The standard InChI is InChI=1S/C44H88O13/c1-3-5-7-9-11-13-14-16-18-20-44(45)57-43-42-56-41-40-55-39-38-54-37-36-53-35-34-52-33-32-51-31-30-50-29-28-49-27-26-48-25-24-47-23-22-46-21-19-17-15-12-10-8-6-4-2/h3-43H2,1-2H3. The third kappa shape index (κ3) is 53.0. The first-order valence-corrected chi connectivity index (χ1v) is 22.8. The first-order valence-electron chi connectivity index (χ1n) is 22.8. The molecule has 0 heterocycles. The summed E-state index contributed by atoms with van der Waals surface area (Å²) in [5, 5.41) is 0. The van der Waals surface area contributed by atoms with Gasteiger partial charge in [-0.15, -0.1) is 0 Å². The van der Waals surface area contributed by atoms with E-state index in [4.69, 9.17) is 56.8 Å². The predicted molar refractivity (Wildman–Crippen MR) is 224 cm³/mol. The van der Waals surface area contributed by atoms with Crippen molar-refractivity contribution in [1.29, 1.82) is 0 Å². The van der Waals surface area contributed by atoms with Crippen LogP contribution in [0.1, 0.15) is 129 Å². The Kier molecular flexibility index (Phi) is 52.1. The van der Waals surface area contributed by atoms with Gasteiger partial charge in [-0.25, -0.2) is 0 Å². The molecule has 0 bridgehead atoms. The molecule has 0 saturated heterocycles. The van der Waals surface area contributed by atoms with Crippen molar-refractivity contribution in [3.05, 3.63) is 0 Å². The van der Waals surface area contributed by atoms with Crippen LogP contribution in [0, 0.1) is 0 Å². The van der Waals surface area contributed by atoms with Crippen molar-refractivity contribution >= 4 is 5.97 Å². The molecule has 13 heteroatoms. The first kappa shape index (κ1) is 56.0. The van der Waals surface area contributed by atoms with Gasteiger partial charge in [-0.1, -0.05) is 110 Å². The summed E-state index contributed by atoms with van der Waals surface area (Å²) in [7, 11) is 0. The summed E-state index contributed by atoms with van der Waals surface area (Å²) >= 11 is 0. The molecule has 0 N–H and O–H groups in total. The number of esters is 1. The Labute approximate surface area is 348 Å². The monoisotopic (exact) mass is 825 g/mol. The fourth-order valence-electron chi connectivity index (χ4n) is 5.51. The van der Waals surface area contributed by atoms with E-state index in [1.54, 1.807) is 0 Å². The number of carbonyl (C=O) groups excluding carboxylic acids is 1. The number of rotatable bonds is 52. The summed E-state index contributed by atoms with van der Waals surface area (Å²) in [5.74, 6) is -0.135. The lowest BCUT2D eigenvalue weighted by Crippen LogP contribution is -2.15. The molecule has 0 fully saturated rings. The molecule has 0 amide bonds. The highest BCUT2D eigenvalue weighted by Crippen LogP contribution is 2.11. The van der Waals surface area contributed by atoms with E-state index in [1.807, 2.05) is 0 Å². The highest BCUT2D eigenvalue weighted by Gasteiger charge is 2.03. The molecule has 0 aliphatic carbocycles. The molecule has 0 rings (SSSR count). The molecule has 0 radical (unpaired) electrons. The highest BCUT2D eigenvalue weighted by atomic mass is 16.6. The molecule has 0 saturated carbocycles. The van der Waals surface area contributed by atoms with Crippen molar-refractivity contribution in [2.45, 2.75) is 129 Å². The van der Waals surface area contributed by atoms with Crippen LogP contribution in [0.5, 0.6) is 0 Å². The van der Waals surface area contributed by atoms with Crippen LogP contribution in [0.15, 0.2) is 0 Å². The van der Waals surface area contributed by atoms with Crippen molar-refractivity contribution < 1.29 is 61.6 Å². The van der Waals surface area contributed by atoms with Gasteiger partial charge in [0.2, 0.25) is 0 Å². The van der Waals surface area contributed by atoms with E-state index in [0.717, 1.165) is 25.9 Å². The van der Waals surface area contributed by atoms with Crippen molar-refractivity contribution in [2.75, 3.05) is 152 Å². The van der Waals surface area contributed by atoms with Crippen molar-refractivity contribution in [1.82, 2.24) is 0 Å². The van der Waals surface area contributed by atoms with Crippen LogP contribution in [0.4, 0.5) is 0 Å². The molecular formula is C44H88O13. The van der Waals surface area contributed by atoms with Crippen LogP contribution >= 0.6 is 0 Å².